The number of benzene rings is 3. The number of halogens is 3. The highest BCUT2D eigenvalue weighted by Gasteiger charge is 2.39. The second-order valence-electron chi connectivity index (χ2n) is 8.85. The third-order valence-electron chi connectivity index (χ3n) is 5.73. The van der Waals surface area contributed by atoms with E-state index in [-0.39, 0.29) is 11.4 Å². The zero-order valence-corrected chi connectivity index (χ0v) is 19.8. The fourth-order valence-electron chi connectivity index (χ4n) is 3.97. The maximum Gasteiger partial charge on any atom is 0.416 e. The molecule has 1 heterocycles. The highest BCUT2D eigenvalue weighted by molar-refractivity contribution is 7.92. The minimum absolute atomic E-state index is 0.101. The van der Waals surface area contributed by atoms with Gasteiger partial charge >= 0.3 is 6.18 Å². The molecule has 178 valence electrons. The molecule has 0 bridgehead atoms. The number of sulfonamides is 1. The van der Waals surface area contributed by atoms with E-state index < -0.39 is 27.4 Å². The van der Waals surface area contributed by atoms with E-state index in [1.165, 1.54) is 16.4 Å². The molecule has 0 saturated heterocycles. The van der Waals surface area contributed by atoms with E-state index in [0.717, 1.165) is 23.3 Å². The predicted octanol–water partition coefficient (Wildman–Crippen LogP) is 6.69. The Morgan fingerprint density at radius 1 is 1.00 bits per heavy atom. The molecule has 0 saturated carbocycles. The molecule has 0 spiro atoms. The molecular weight excluding hydrogens is 463 g/mol. The first-order chi connectivity index (χ1) is 15.8. The molecule has 0 atom stereocenters. The van der Waals surface area contributed by atoms with Gasteiger partial charge in [0, 0.05) is 0 Å². The van der Waals surface area contributed by atoms with E-state index >= 15 is 0 Å². The van der Waals surface area contributed by atoms with Crippen molar-refractivity contribution >= 4 is 21.8 Å². The van der Waals surface area contributed by atoms with Crippen molar-refractivity contribution in [2.75, 3.05) is 10.8 Å². The standard InChI is InChI=1S/C26H24F3NO3S/c1-5-18-8-12-22(14-17(18)2)34(31,32)30-16-25(3,4)33-24-15-20(9-13-23(24)30)19-6-10-21(11-7-19)26(27,28)29/h5-15H,1,16H2,2-4H3. The first kappa shape index (κ1) is 23.9. The Morgan fingerprint density at radius 3 is 2.24 bits per heavy atom. The molecule has 0 aromatic heterocycles. The van der Waals surface area contributed by atoms with Gasteiger partial charge in [-0.25, -0.2) is 8.42 Å². The van der Waals surface area contributed by atoms with Crippen molar-refractivity contribution in [2.24, 2.45) is 0 Å². The van der Waals surface area contributed by atoms with Gasteiger partial charge in [-0.05, 0) is 79.4 Å². The second kappa shape index (κ2) is 8.20. The summed E-state index contributed by atoms with van der Waals surface area (Å²) in [4.78, 5) is 0.158. The number of ether oxygens (including phenoxy) is 1. The normalized spacial score (nSPS) is 15.4. The summed E-state index contributed by atoms with van der Waals surface area (Å²) in [5.41, 5.74) is 1.64. The van der Waals surface area contributed by atoms with Crippen LogP contribution in [-0.2, 0) is 16.2 Å². The average Bonchev–Trinajstić information content (AvgIpc) is 2.77. The molecule has 3 aromatic carbocycles. The van der Waals surface area contributed by atoms with Crippen molar-refractivity contribution in [3.05, 3.63) is 83.9 Å². The molecule has 8 heteroatoms. The Bertz CT molecular complexity index is 1360. The molecule has 3 aromatic rings. The summed E-state index contributed by atoms with van der Waals surface area (Å²) in [6.45, 7) is 9.24. The Hall–Kier alpha value is -3.26. The van der Waals surface area contributed by atoms with Crippen LogP contribution in [0.5, 0.6) is 5.75 Å². The zero-order valence-electron chi connectivity index (χ0n) is 19.0. The van der Waals surface area contributed by atoms with Gasteiger partial charge < -0.3 is 4.74 Å². The van der Waals surface area contributed by atoms with Crippen LogP contribution in [0.3, 0.4) is 0 Å². The Morgan fingerprint density at radius 2 is 1.65 bits per heavy atom. The molecule has 0 N–H and O–H groups in total. The van der Waals surface area contributed by atoms with Crippen LogP contribution in [-0.4, -0.2) is 20.6 Å². The minimum atomic E-state index is -4.42. The number of hydrogen-bond donors (Lipinski definition) is 0. The molecule has 0 amide bonds. The molecule has 0 fully saturated rings. The van der Waals surface area contributed by atoms with Gasteiger partial charge in [-0.15, -0.1) is 0 Å². The summed E-state index contributed by atoms with van der Waals surface area (Å²) in [5.74, 6) is 0.344. The molecule has 4 rings (SSSR count). The Balaban J connectivity index is 1.76. The molecular formula is C26H24F3NO3S. The maximum absolute atomic E-state index is 13.6. The molecule has 0 aliphatic carbocycles. The summed E-state index contributed by atoms with van der Waals surface area (Å²) in [5, 5.41) is 0. The van der Waals surface area contributed by atoms with Crippen molar-refractivity contribution in [1.82, 2.24) is 0 Å². The number of nitrogens with zero attached hydrogens (tertiary/aromatic N) is 1. The van der Waals surface area contributed by atoms with Crippen LogP contribution in [0.15, 0.2) is 72.1 Å². The first-order valence-corrected chi connectivity index (χ1v) is 12.0. The number of alkyl halides is 3. The molecule has 1 aliphatic rings. The van der Waals surface area contributed by atoms with Crippen molar-refractivity contribution in [3.8, 4) is 16.9 Å². The van der Waals surface area contributed by atoms with E-state index in [4.69, 9.17) is 4.74 Å². The molecule has 4 nitrogen and oxygen atoms in total. The number of hydrogen-bond acceptors (Lipinski definition) is 3. The molecule has 0 unspecified atom stereocenters. The summed E-state index contributed by atoms with van der Waals surface area (Å²) in [6, 6.07) is 14.7. The van der Waals surface area contributed by atoms with Gasteiger partial charge in [0.1, 0.15) is 11.4 Å². The molecule has 1 aliphatic heterocycles. The van der Waals surface area contributed by atoms with Gasteiger partial charge in [0.15, 0.2) is 0 Å². The Kier molecular flexibility index (Phi) is 5.76. The van der Waals surface area contributed by atoms with Gasteiger partial charge in [-0.1, -0.05) is 36.9 Å². The van der Waals surface area contributed by atoms with E-state index in [9.17, 15) is 21.6 Å². The predicted molar refractivity (Wildman–Crippen MR) is 127 cm³/mol. The zero-order chi connectivity index (χ0) is 24.9. The first-order valence-electron chi connectivity index (χ1n) is 10.6. The molecule has 0 radical (unpaired) electrons. The molecule has 34 heavy (non-hydrogen) atoms. The Labute approximate surface area is 197 Å². The lowest BCUT2D eigenvalue weighted by Gasteiger charge is -2.40. The number of aryl methyl sites for hydroxylation is 1. The number of anilines is 1. The fraction of sp³-hybridized carbons (Fsp3) is 0.231. The van der Waals surface area contributed by atoms with E-state index in [1.807, 2.05) is 6.92 Å². The van der Waals surface area contributed by atoms with Crippen molar-refractivity contribution in [1.29, 1.82) is 0 Å². The van der Waals surface area contributed by atoms with Crippen LogP contribution in [0.1, 0.15) is 30.5 Å². The van der Waals surface area contributed by atoms with Crippen LogP contribution in [0, 0.1) is 6.92 Å². The van der Waals surface area contributed by atoms with Crippen molar-refractivity contribution in [3.63, 3.8) is 0 Å². The van der Waals surface area contributed by atoms with Gasteiger partial charge in [-0.2, -0.15) is 13.2 Å². The van der Waals surface area contributed by atoms with Crippen LogP contribution in [0.4, 0.5) is 18.9 Å². The van der Waals surface area contributed by atoms with Crippen molar-refractivity contribution in [2.45, 2.75) is 37.4 Å². The van der Waals surface area contributed by atoms with Gasteiger partial charge in [0.05, 0.1) is 22.7 Å². The van der Waals surface area contributed by atoms with Crippen LogP contribution in [0.25, 0.3) is 17.2 Å². The minimum Gasteiger partial charge on any atom is -0.484 e. The van der Waals surface area contributed by atoms with Crippen molar-refractivity contribution < 1.29 is 26.3 Å². The van der Waals surface area contributed by atoms with E-state index in [0.29, 0.717) is 22.6 Å². The second-order valence-corrected chi connectivity index (χ2v) is 10.7. The van der Waals surface area contributed by atoms with E-state index in [1.54, 1.807) is 56.3 Å². The summed E-state index contributed by atoms with van der Waals surface area (Å²) >= 11 is 0. The quantitative estimate of drug-likeness (QED) is 0.412. The summed E-state index contributed by atoms with van der Waals surface area (Å²) < 4.78 is 73.4. The lowest BCUT2D eigenvalue weighted by atomic mass is 10.0. The SMILES string of the molecule is C=Cc1ccc(S(=O)(=O)N2CC(C)(C)Oc3cc(-c4ccc(C(F)(F)F)cc4)ccc32)cc1C. The van der Waals surface area contributed by atoms with Crippen LogP contribution in [0.2, 0.25) is 0 Å². The van der Waals surface area contributed by atoms with Gasteiger partial charge in [0.2, 0.25) is 0 Å². The number of rotatable bonds is 4. The van der Waals surface area contributed by atoms with Crippen LogP contribution < -0.4 is 9.04 Å². The maximum atomic E-state index is 13.6. The topological polar surface area (TPSA) is 46.6 Å². The fourth-order valence-corrected chi connectivity index (χ4v) is 5.68. The summed E-state index contributed by atoms with van der Waals surface area (Å²) in [6.07, 6.45) is -2.75. The lowest BCUT2D eigenvalue weighted by Crippen LogP contribution is -2.49. The summed E-state index contributed by atoms with van der Waals surface area (Å²) in [7, 11) is -3.90. The monoisotopic (exact) mass is 487 g/mol. The third-order valence-corrected chi connectivity index (χ3v) is 7.49. The van der Waals surface area contributed by atoms with Crippen LogP contribution >= 0.6 is 0 Å². The van der Waals surface area contributed by atoms with Gasteiger partial charge in [0.25, 0.3) is 10.0 Å². The average molecular weight is 488 g/mol. The van der Waals surface area contributed by atoms with Gasteiger partial charge in [-0.3, -0.25) is 4.31 Å². The largest absolute Gasteiger partial charge is 0.484 e. The van der Waals surface area contributed by atoms with E-state index in [2.05, 4.69) is 6.58 Å². The highest BCUT2D eigenvalue weighted by Crippen LogP contribution is 2.42. The number of fused-ring (bicyclic) bond motifs is 1. The lowest BCUT2D eigenvalue weighted by molar-refractivity contribution is -0.137. The smallest absolute Gasteiger partial charge is 0.416 e. The highest BCUT2D eigenvalue weighted by atomic mass is 32.2. The third kappa shape index (κ3) is 4.42.